The van der Waals surface area contributed by atoms with Crippen molar-refractivity contribution in [3.8, 4) is 0 Å². The molecule has 0 aliphatic carbocycles. The van der Waals surface area contributed by atoms with Gasteiger partial charge in [-0.15, -0.1) is 0 Å². The van der Waals surface area contributed by atoms with Gasteiger partial charge in [0.2, 0.25) is 0 Å². The molecule has 0 aromatic rings. The summed E-state index contributed by atoms with van der Waals surface area (Å²) in [5.41, 5.74) is 5.93. The molecule has 0 fully saturated rings. The Labute approximate surface area is 49.2 Å². The SMILES string of the molecule is C=C(CN)NCCO. The average molecular weight is 116 g/mol. The highest BCUT2D eigenvalue weighted by atomic mass is 16.3. The Bertz CT molecular complexity index is 72.8. The molecular weight excluding hydrogens is 104 g/mol. The van der Waals surface area contributed by atoms with Crippen LogP contribution in [0.5, 0.6) is 0 Å². The van der Waals surface area contributed by atoms with Crippen LogP contribution >= 0.6 is 0 Å². The van der Waals surface area contributed by atoms with Crippen molar-refractivity contribution in [3.63, 3.8) is 0 Å². The highest BCUT2D eigenvalue weighted by Gasteiger charge is 1.83. The second-order valence-corrected chi connectivity index (χ2v) is 1.46. The fraction of sp³-hybridized carbons (Fsp3) is 0.600. The molecule has 3 heteroatoms. The lowest BCUT2D eigenvalue weighted by Crippen LogP contribution is -2.22. The Hall–Kier alpha value is -0.540. The number of hydrogen-bond donors (Lipinski definition) is 3. The van der Waals surface area contributed by atoms with Crippen LogP contribution in [0.1, 0.15) is 0 Å². The molecule has 0 unspecified atom stereocenters. The zero-order chi connectivity index (χ0) is 6.41. The Morgan fingerprint density at radius 1 is 1.75 bits per heavy atom. The van der Waals surface area contributed by atoms with E-state index in [9.17, 15) is 0 Å². The molecule has 0 saturated heterocycles. The van der Waals surface area contributed by atoms with E-state index in [1.807, 2.05) is 0 Å². The van der Waals surface area contributed by atoms with Crippen LogP contribution in [-0.2, 0) is 0 Å². The third-order valence-electron chi connectivity index (χ3n) is 0.733. The summed E-state index contributed by atoms with van der Waals surface area (Å²) in [6.45, 7) is 4.66. The molecule has 0 aliphatic rings. The van der Waals surface area contributed by atoms with Crippen molar-refractivity contribution in [1.82, 2.24) is 5.32 Å². The fourth-order valence-electron chi connectivity index (χ4n) is 0.305. The molecule has 0 aromatic carbocycles. The number of rotatable bonds is 4. The molecule has 4 N–H and O–H groups in total. The van der Waals surface area contributed by atoms with Gasteiger partial charge >= 0.3 is 0 Å². The van der Waals surface area contributed by atoms with Gasteiger partial charge < -0.3 is 16.2 Å². The maximum Gasteiger partial charge on any atom is 0.0604 e. The van der Waals surface area contributed by atoms with E-state index >= 15 is 0 Å². The first-order valence-corrected chi connectivity index (χ1v) is 2.54. The highest BCUT2D eigenvalue weighted by Crippen LogP contribution is 1.73. The molecule has 0 amide bonds. The zero-order valence-corrected chi connectivity index (χ0v) is 4.85. The van der Waals surface area contributed by atoms with Crippen molar-refractivity contribution in [2.24, 2.45) is 5.73 Å². The highest BCUT2D eigenvalue weighted by molar-refractivity contribution is 4.91. The van der Waals surface area contributed by atoms with Crippen LogP contribution in [0.2, 0.25) is 0 Å². The van der Waals surface area contributed by atoms with Crippen LogP contribution in [0.4, 0.5) is 0 Å². The molecule has 0 saturated carbocycles. The minimum Gasteiger partial charge on any atom is -0.395 e. The summed E-state index contributed by atoms with van der Waals surface area (Å²) in [7, 11) is 0. The summed E-state index contributed by atoms with van der Waals surface area (Å²) in [5.74, 6) is 0. The molecule has 0 radical (unpaired) electrons. The lowest BCUT2D eigenvalue weighted by Gasteiger charge is -2.02. The summed E-state index contributed by atoms with van der Waals surface area (Å²) in [6.07, 6.45) is 0. The van der Waals surface area contributed by atoms with Gasteiger partial charge in [0.25, 0.3) is 0 Å². The second kappa shape index (κ2) is 4.61. The van der Waals surface area contributed by atoms with E-state index in [4.69, 9.17) is 10.8 Å². The van der Waals surface area contributed by atoms with Crippen molar-refractivity contribution >= 4 is 0 Å². The van der Waals surface area contributed by atoms with Crippen molar-refractivity contribution in [3.05, 3.63) is 12.3 Å². The van der Waals surface area contributed by atoms with Crippen molar-refractivity contribution in [2.45, 2.75) is 0 Å². The Morgan fingerprint density at radius 2 is 2.38 bits per heavy atom. The summed E-state index contributed by atoms with van der Waals surface area (Å²) in [5, 5.41) is 11.1. The van der Waals surface area contributed by atoms with E-state index in [0.717, 1.165) is 5.70 Å². The summed E-state index contributed by atoms with van der Waals surface area (Å²) >= 11 is 0. The molecule has 0 atom stereocenters. The Morgan fingerprint density at radius 3 is 2.75 bits per heavy atom. The maximum atomic E-state index is 8.27. The van der Waals surface area contributed by atoms with Gasteiger partial charge in [-0.1, -0.05) is 6.58 Å². The van der Waals surface area contributed by atoms with Crippen molar-refractivity contribution in [1.29, 1.82) is 0 Å². The normalized spacial score (nSPS) is 8.75. The van der Waals surface area contributed by atoms with Crippen LogP contribution < -0.4 is 11.1 Å². The first-order chi connectivity index (χ1) is 3.81. The van der Waals surface area contributed by atoms with E-state index in [0.29, 0.717) is 13.1 Å². The number of aliphatic hydroxyl groups is 1. The topological polar surface area (TPSA) is 58.3 Å². The predicted octanol–water partition coefficient (Wildman–Crippen LogP) is -0.959. The molecule has 0 aromatic heterocycles. The van der Waals surface area contributed by atoms with Gasteiger partial charge in [-0.25, -0.2) is 0 Å². The quantitative estimate of drug-likeness (QED) is 0.443. The molecule has 48 valence electrons. The minimum atomic E-state index is 0.124. The fourth-order valence-corrected chi connectivity index (χ4v) is 0.305. The molecular formula is C5H12N2O. The first-order valence-electron chi connectivity index (χ1n) is 2.54. The van der Waals surface area contributed by atoms with Crippen LogP contribution in [-0.4, -0.2) is 24.8 Å². The second-order valence-electron chi connectivity index (χ2n) is 1.46. The van der Waals surface area contributed by atoms with E-state index in [-0.39, 0.29) is 6.61 Å². The van der Waals surface area contributed by atoms with Crippen LogP contribution in [0.15, 0.2) is 12.3 Å². The minimum absolute atomic E-state index is 0.124. The average Bonchev–Trinajstić information content (AvgIpc) is 1.83. The van der Waals surface area contributed by atoms with Crippen LogP contribution in [0.25, 0.3) is 0 Å². The molecule has 0 heterocycles. The third kappa shape index (κ3) is 3.64. The Balaban J connectivity index is 2.99. The van der Waals surface area contributed by atoms with Crippen molar-refractivity contribution < 1.29 is 5.11 Å². The first kappa shape index (κ1) is 7.46. The Kier molecular flexibility index (Phi) is 4.30. The molecule has 0 spiro atoms. The van der Waals surface area contributed by atoms with Gasteiger partial charge in [-0.05, 0) is 0 Å². The van der Waals surface area contributed by atoms with E-state index in [1.165, 1.54) is 0 Å². The number of hydrogen-bond acceptors (Lipinski definition) is 3. The molecule has 0 rings (SSSR count). The summed E-state index contributed by atoms with van der Waals surface area (Å²) < 4.78 is 0. The van der Waals surface area contributed by atoms with Gasteiger partial charge in [0.05, 0.1) is 6.61 Å². The predicted molar refractivity (Wildman–Crippen MR) is 33.3 cm³/mol. The summed E-state index contributed by atoms with van der Waals surface area (Å²) in [6, 6.07) is 0. The van der Waals surface area contributed by atoms with Crippen LogP contribution in [0, 0.1) is 0 Å². The van der Waals surface area contributed by atoms with Gasteiger partial charge in [0.1, 0.15) is 0 Å². The van der Waals surface area contributed by atoms with Gasteiger partial charge in [0.15, 0.2) is 0 Å². The third-order valence-corrected chi connectivity index (χ3v) is 0.733. The smallest absolute Gasteiger partial charge is 0.0604 e. The number of aliphatic hydroxyl groups excluding tert-OH is 1. The number of nitrogens with two attached hydrogens (primary N) is 1. The van der Waals surface area contributed by atoms with E-state index in [1.54, 1.807) is 0 Å². The number of nitrogens with one attached hydrogen (secondary N) is 1. The van der Waals surface area contributed by atoms with Gasteiger partial charge in [0, 0.05) is 18.8 Å². The van der Waals surface area contributed by atoms with E-state index < -0.39 is 0 Å². The van der Waals surface area contributed by atoms with Crippen LogP contribution in [0.3, 0.4) is 0 Å². The molecule has 8 heavy (non-hydrogen) atoms. The lowest BCUT2D eigenvalue weighted by molar-refractivity contribution is 0.297. The molecule has 0 aliphatic heterocycles. The molecule has 0 bridgehead atoms. The van der Waals surface area contributed by atoms with E-state index in [2.05, 4.69) is 11.9 Å². The maximum absolute atomic E-state index is 8.27. The standard InChI is InChI=1S/C5H12N2O/c1-5(4-6)7-2-3-8/h7-8H,1-4,6H2. The lowest BCUT2D eigenvalue weighted by atomic mass is 10.5. The summed E-state index contributed by atoms with van der Waals surface area (Å²) in [4.78, 5) is 0. The zero-order valence-electron chi connectivity index (χ0n) is 4.85. The van der Waals surface area contributed by atoms with Crippen molar-refractivity contribution in [2.75, 3.05) is 19.7 Å². The monoisotopic (exact) mass is 116 g/mol. The largest absolute Gasteiger partial charge is 0.395 e. The van der Waals surface area contributed by atoms with Gasteiger partial charge in [-0.3, -0.25) is 0 Å². The molecule has 3 nitrogen and oxygen atoms in total. The van der Waals surface area contributed by atoms with Gasteiger partial charge in [-0.2, -0.15) is 0 Å².